The van der Waals surface area contributed by atoms with Crippen LogP contribution >= 0.6 is 11.6 Å². The number of hydrogen-bond donors (Lipinski definition) is 0. The van der Waals surface area contributed by atoms with E-state index >= 15 is 0 Å². The SMILES string of the molecule is CC(CCl)CS(=O)(=O)c1ncnc2c1cnn2C. The van der Waals surface area contributed by atoms with Gasteiger partial charge in [-0.05, 0) is 5.92 Å². The van der Waals surface area contributed by atoms with Crippen LogP contribution < -0.4 is 0 Å². The van der Waals surface area contributed by atoms with E-state index in [0.717, 1.165) is 0 Å². The quantitative estimate of drug-likeness (QED) is 0.620. The zero-order chi connectivity index (χ0) is 13.3. The minimum absolute atomic E-state index is 0.0255. The van der Waals surface area contributed by atoms with Crippen molar-refractivity contribution >= 4 is 32.5 Å². The summed E-state index contributed by atoms with van der Waals surface area (Å²) in [5, 5.41) is 4.46. The zero-order valence-corrected chi connectivity index (χ0v) is 11.6. The van der Waals surface area contributed by atoms with Crippen molar-refractivity contribution in [2.45, 2.75) is 11.9 Å². The van der Waals surface area contributed by atoms with E-state index in [-0.39, 0.29) is 16.7 Å². The summed E-state index contributed by atoms with van der Waals surface area (Å²) in [4.78, 5) is 7.90. The van der Waals surface area contributed by atoms with Crippen LogP contribution in [0.2, 0.25) is 0 Å². The summed E-state index contributed by atoms with van der Waals surface area (Å²) in [6.45, 7) is 1.78. The minimum Gasteiger partial charge on any atom is -0.250 e. The van der Waals surface area contributed by atoms with E-state index in [2.05, 4.69) is 15.1 Å². The number of rotatable bonds is 4. The van der Waals surface area contributed by atoms with Gasteiger partial charge in [-0.25, -0.2) is 18.4 Å². The number of fused-ring (bicyclic) bond motifs is 1. The van der Waals surface area contributed by atoms with E-state index < -0.39 is 9.84 Å². The standard InChI is InChI=1S/C10H13ClN4O2S/c1-7(3-11)5-18(16,17)10-8-4-14-15(2)9(8)12-6-13-10/h4,6-7H,3,5H2,1-2H3. The fourth-order valence-corrected chi connectivity index (χ4v) is 3.64. The highest BCUT2D eigenvalue weighted by Gasteiger charge is 2.23. The Kier molecular flexibility index (Phi) is 3.54. The summed E-state index contributed by atoms with van der Waals surface area (Å²) < 4.78 is 26.0. The Bertz CT molecular complexity index is 668. The van der Waals surface area contributed by atoms with Gasteiger partial charge in [-0.1, -0.05) is 6.92 Å². The molecule has 0 aromatic carbocycles. The molecule has 18 heavy (non-hydrogen) atoms. The molecule has 2 aromatic heterocycles. The second-order valence-corrected chi connectivity index (χ2v) is 6.48. The second-order valence-electron chi connectivity index (χ2n) is 4.23. The molecular formula is C10H13ClN4O2S. The van der Waals surface area contributed by atoms with Gasteiger partial charge in [0, 0.05) is 12.9 Å². The lowest BCUT2D eigenvalue weighted by molar-refractivity contribution is 0.580. The van der Waals surface area contributed by atoms with E-state index in [9.17, 15) is 8.42 Å². The first-order chi connectivity index (χ1) is 8.45. The van der Waals surface area contributed by atoms with Gasteiger partial charge in [-0.3, -0.25) is 4.68 Å². The highest BCUT2D eigenvalue weighted by molar-refractivity contribution is 7.91. The van der Waals surface area contributed by atoms with E-state index in [4.69, 9.17) is 11.6 Å². The number of nitrogens with zero attached hydrogens (tertiary/aromatic N) is 4. The van der Waals surface area contributed by atoms with Gasteiger partial charge >= 0.3 is 0 Å². The average Bonchev–Trinajstić information content (AvgIpc) is 2.70. The van der Waals surface area contributed by atoms with Crippen molar-refractivity contribution in [3.63, 3.8) is 0 Å². The van der Waals surface area contributed by atoms with Crippen molar-refractivity contribution in [2.24, 2.45) is 13.0 Å². The fourth-order valence-electron chi connectivity index (χ4n) is 1.69. The van der Waals surface area contributed by atoms with Crippen LogP contribution in [0.5, 0.6) is 0 Å². The third kappa shape index (κ3) is 2.32. The number of aromatic nitrogens is 4. The fraction of sp³-hybridized carbons (Fsp3) is 0.500. The predicted molar refractivity (Wildman–Crippen MR) is 68.2 cm³/mol. The Morgan fingerprint density at radius 3 is 2.83 bits per heavy atom. The first-order valence-electron chi connectivity index (χ1n) is 5.37. The van der Waals surface area contributed by atoms with Crippen LogP contribution in [0, 0.1) is 5.92 Å². The van der Waals surface area contributed by atoms with Crippen molar-refractivity contribution < 1.29 is 8.42 Å². The average molecular weight is 289 g/mol. The molecular weight excluding hydrogens is 276 g/mol. The summed E-state index contributed by atoms with van der Waals surface area (Å²) in [6, 6.07) is 0. The van der Waals surface area contributed by atoms with Crippen molar-refractivity contribution in [3.8, 4) is 0 Å². The van der Waals surface area contributed by atoms with Crippen molar-refractivity contribution in [2.75, 3.05) is 11.6 Å². The predicted octanol–water partition coefficient (Wildman–Crippen LogP) is 1.01. The maximum Gasteiger partial charge on any atom is 0.196 e. The second kappa shape index (κ2) is 4.81. The van der Waals surface area contributed by atoms with Gasteiger partial charge in [0.15, 0.2) is 20.5 Å². The van der Waals surface area contributed by atoms with Crippen LogP contribution in [-0.4, -0.2) is 39.8 Å². The molecule has 98 valence electrons. The van der Waals surface area contributed by atoms with Gasteiger partial charge < -0.3 is 0 Å². The Morgan fingerprint density at radius 1 is 1.44 bits per heavy atom. The van der Waals surface area contributed by atoms with Crippen molar-refractivity contribution in [3.05, 3.63) is 12.5 Å². The number of hydrogen-bond acceptors (Lipinski definition) is 5. The topological polar surface area (TPSA) is 77.7 Å². The maximum absolute atomic E-state index is 12.2. The molecule has 0 amide bonds. The molecule has 0 aliphatic heterocycles. The first-order valence-corrected chi connectivity index (χ1v) is 7.56. The Hall–Kier alpha value is -1.21. The van der Waals surface area contributed by atoms with E-state index in [1.807, 2.05) is 0 Å². The van der Waals surface area contributed by atoms with Crippen LogP contribution in [0.15, 0.2) is 17.6 Å². The number of aryl methyl sites for hydroxylation is 1. The Balaban J connectivity index is 2.54. The van der Waals surface area contributed by atoms with Crippen LogP contribution in [0.1, 0.15) is 6.92 Å². The monoisotopic (exact) mass is 288 g/mol. The highest BCUT2D eigenvalue weighted by atomic mass is 35.5. The van der Waals surface area contributed by atoms with Crippen LogP contribution in [0.25, 0.3) is 11.0 Å². The Labute approximate surface area is 110 Å². The first kappa shape index (κ1) is 13.2. The molecule has 0 aliphatic rings. The van der Waals surface area contributed by atoms with Gasteiger partial charge in [0.05, 0.1) is 17.3 Å². The largest absolute Gasteiger partial charge is 0.250 e. The molecule has 2 heterocycles. The molecule has 2 rings (SSSR count). The normalized spacial score (nSPS) is 13.9. The molecule has 0 saturated carbocycles. The third-order valence-electron chi connectivity index (χ3n) is 2.55. The number of sulfone groups is 1. The Morgan fingerprint density at radius 2 is 2.17 bits per heavy atom. The number of alkyl halides is 1. The summed E-state index contributed by atoms with van der Waals surface area (Å²) in [5.41, 5.74) is 0.502. The van der Waals surface area contributed by atoms with E-state index in [1.54, 1.807) is 14.0 Å². The molecule has 0 bridgehead atoms. The molecule has 6 nitrogen and oxygen atoms in total. The van der Waals surface area contributed by atoms with E-state index in [0.29, 0.717) is 16.9 Å². The lowest BCUT2D eigenvalue weighted by Gasteiger charge is -2.08. The van der Waals surface area contributed by atoms with Gasteiger partial charge in [0.25, 0.3) is 0 Å². The van der Waals surface area contributed by atoms with Crippen molar-refractivity contribution in [1.82, 2.24) is 19.7 Å². The third-order valence-corrected chi connectivity index (χ3v) is 5.00. The summed E-state index contributed by atoms with van der Waals surface area (Å²) in [7, 11) is -1.77. The smallest absolute Gasteiger partial charge is 0.196 e. The van der Waals surface area contributed by atoms with E-state index in [1.165, 1.54) is 17.2 Å². The van der Waals surface area contributed by atoms with Gasteiger partial charge in [-0.2, -0.15) is 5.10 Å². The lowest BCUT2D eigenvalue weighted by Crippen LogP contribution is -2.16. The summed E-state index contributed by atoms with van der Waals surface area (Å²) in [5.74, 6) is 0.135. The lowest BCUT2D eigenvalue weighted by atomic mass is 10.3. The van der Waals surface area contributed by atoms with Crippen LogP contribution in [0.4, 0.5) is 0 Å². The van der Waals surface area contributed by atoms with Crippen LogP contribution in [-0.2, 0) is 16.9 Å². The maximum atomic E-state index is 12.2. The molecule has 0 radical (unpaired) electrons. The molecule has 0 N–H and O–H groups in total. The molecule has 8 heteroatoms. The highest BCUT2D eigenvalue weighted by Crippen LogP contribution is 2.20. The minimum atomic E-state index is -3.47. The van der Waals surface area contributed by atoms with Crippen LogP contribution in [0.3, 0.4) is 0 Å². The zero-order valence-electron chi connectivity index (χ0n) is 10.0. The number of halogens is 1. The van der Waals surface area contributed by atoms with Crippen molar-refractivity contribution in [1.29, 1.82) is 0 Å². The van der Waals surface area contributed by atoms with Gasteiger partial charge in [-0.15, -0.1) is 11.6 Å². The van der Waals surface area contributed by atoms with Gasteiger partial charge in [0.1, 0.15) is 6.33 Å². The molecule has 2 aromatic rings. The molecule has 0 aliphatic carbocycles. The molecule has 0 fully saturated rings. The molecule has 1 unspecified atom stereocenters. The summed E-state index contributed by atoms with van der Waals surface area (Å²) >= 11 is 5.65. The molecule has 0 spiro atoms. The molecule has 0 saturated heterocycles. The molecule has 1 atom stereocenters. The summed E-state index contributed by atoms with van der Waals surface area (Å²) in [6.07, 6.45) is 2.70. The van der Waals surface area contributed by atoms with Gasteiger partial charge in [0.2, 0.25) is 0 Å².